The molecule has 0 atom stereocenters. The summed E-state index contributed by atoms with van der Waals surface area (Å²) in [5, 5.41) is 23.5. The Morgan fingerprint density at radius 1 is 1.50 bits per heavy atom. The number of thiophene rings is 1. The van der Waals surface area contributed by atoms with Crippen LogP contribution in [0.3, 0.4) is 0 Å². The van der Waals surface area contributed by atoms with Crippen molar-refractivity contribution in [3.63, 3.8) is 0 Å². The van der Waals surface area contributed by atoms with Gasteiger partial charge in [0.1, 0.15) is 5.82 Å². The average molecular weight is 265 g/mol. The van der Waals surface area contributed by atoms with Crippen molar-refractivity contribution in [2.75, 3.05) is 0 Å². The molecule has 0 spiro atoms. The second-order valence-electron chi connectivity index (χ2n) is 3.27. The molecule has 7 nitrogen and oxygen atoms in total. The number of nitrogens with zero attached hydrogens (tertiary/aromatic N) is 2. The van der Waals surface area contributed by atoms with Crippen molar-refractivity contribution < 1.29 is 10.0 Å². The van der Waals surface area contributed by atoms with E-state index in [1.165, 1.54) is 17.4 Å². The lowest BCUT2D eigenvalue weighted by atomic mass is 10.3. The number of aromatic nitrogens is 2. The minimum atomic E-state index is -0.988. The van der Waals surface area contributed by atoms with Crippen LogP contribution in [0.5, 0.6) is 5.88 Å². The van der Waals surface area contributed by atoms with Crippen LogP contribution in [-0.2, 0) is 0 Å². The molecule has 92 valence electrons. The van der Waals surface area contributed by atoms with Gasteiger partial charge in [-0.2, -0.15) is 16.3 Å². The van der Waals surface area contributed by atoms with E-state index in [1.807, 2.05) is 16.8 Å². The highest BCUT2D eigenvalue weighted by molar-refractivity contribution is 7.08. The van der Waals surface area contributed by atoms with Crippen LogP contribution in [0.1, 0.15) is 11.4 Å². The van der Waals surface area contributed by atoms with Gasteiger partial charge in [-0.3, -0.25) is 14.9 Å². The second kappa shape index (κ2) is 4.80. The number of H-pyrrole nitrogens is 1. The highest BCUT2D eigenvalue weighted by atomic mass is 32.1. The van der Waals surface area contributed by atoms with Crippen molar-refractivity contribution in [1.29, 1.82) is 0 Å². The minimum Gasteiger partial charge on any atom is -0.488 e. The first-order valence-electron chi connectivity index (χ1n) is 4.76. The molecular formula is C10H7N3O4S. The Morgan fingerprint density at radius 2 is 2.28 bits per heavy atom. The van der Waals surface area contributed by atoms with Gasteiger partial charge < -0.3 is 10.1 Å². The molecule has 2 rings (SSSR count). The lowest BCUT2D eigenvalue weighted by Gasteiger charge is -1.96. The van der Waals surface area contributed by atoms with Crippen LogP contribution < -0.4 is 5.56 Å². The van der Waals surface area contributed by atoms with Gasteiger partial charge in [0.15, 0.2) is 0 Å². The molecule has 0 aliphatic rings. The Balaban J connectivity index is 2.37. The Labute approximate surface area is 104 Å². The molecule has 2 aromatic rings. The Kier molecular flexibility index (Phi) is 3.20. The predicted octanol–water partition coefficient (Wildman–Crippen LogP) is 1.62. The van der Waals surface area contributed by atoms with Crippen molar-refractivity contribution in [1.82, 2.24) is 9.97 Å². The van der Waals surface area contributed by atoms with E-state index < -0.39 is 22.0 Å². The Bertz CT molecular complexity index is 660. The number of nitro groups is 1. The number of aromatic hydroxyl groups is 1. The SMILES string of the molecule is O=c1[nH]c(/C=C/c2ccsc2)nc(O)c1[N+](=O)[O-]. The zero-order chi connectivity index (χ0) is 13.1. The van der Waals surface area contributed by atoms with Crippen LogP contribution in [0.15, 0.2) is 21.6 Å². The van der Waals surface area contributed by atoms with Gasteiger partial charge in [0.05, 0.1) is 4.92 Å². The summed E-state index contributed by atoms with van der Waals surface area (Å²) in [5.41, 5.74) is -1.04. The Hall–Kier alpha value is -2.48. The summed E-state index contributed by atoms with van der Waals surface area (Å²) in [4.78, 5) is 26.6. The summed E-state index contributed by atoms with van der Waals surface area (Å²) in [5.74, 6) is -0.844. The topological polar surface area (TPSA) is 109 Å². The zero-order valence-corrected chi connectivity index (χ0v) is 9.68. The van der Waals surface area contributed by atoms with E-state index >= 15 is 0 Å². The van der Waals surface area contributed by atoms with Crippen LogP contribution in [0, 0.1) is 10.1 Å². The van der Waals surface area contributed by atoms with Crippen LogP contribution >= 0.6 is 11.3 Å². The number of nitrogens with one attached hydrogen (secondary N) is 1. The van der Waals surface area contributed by atoms with Crippen LogP contribution in [0.4, 0.5) is 5.69 Å². The summed E-state index contributed by atoms with van der Waals surface area (Å²) in [6, 6.07) is 1.85. The van der Waals surface area contributed by atoms with Crippen molar-refractivity contribution in [2.24, 2.45) is 0 Å². The molecule has 0 fully saturated rings. The number of rotatable bonds is 3. The van der Waals surface area contributed by atoms with Gasteiger partial charge in [-0.25, -0.2) is 0 Å². The number of aromatic amines is 1. The molecule has 0 saturated heterocycles. The molecule has 18 heavy (non-hydrogen) atoms. The molecule has 8 heteroatoms. The quantitative estimate of drug-likeness (QED) is 0.647. The van der Waals surface area contributed by atoms with Crippen molar-refractivity contribution in [2.45, 2.75) is 0 Å². The fourth-order valence-electron chi connectivity index (χ4n) is 1.26. The van der Waals surface area contributed by atoms with Crippen LogP contribution in [0.2, 0.25) is 0 Å². The van der Waals surface area contributed by atoms with E-state index in [0.717, 1.165) is 5.56 Å². The van der Waals surface area contributed by atoms with E-state index in [4.69, 9.17) is 0 Å². The number of hydrogen-bond donors (Lipinski definition) is 2. The highest BCUT2D eigenvalue weighted by Gasteiger charge is 2.21. The monoisotopic (exact) mass is 265 g/mol. The zero-order valence-electron chi connectivity index (χ0n) is 8.86. The van der Waals surface area contributed by atoms with E-state index in [-0.39, 0.29) is 5.82 Å². The second-order valence-corrected chi connectivity index (χ2v) is 4.05. The molecule has 0 amide bonds. The molecule has 0 aliphatic carbocycles. The molecule has 0 aromatic carbocycles. The molecular weight excluding hydrogens is 258 g/mol. The first-order valence-corrected chi connectivity index (χ1v) is 5.70. The van der Waals surface area contributed by atoms with Gasteiger partial charge in [-0.05, 0) is 28.5 Å². The molecule has 2 heterocycles. The molecule has 2 N–H and O–H groups in total. The van der Waals surface area contributed by atoms with Crippen LogP contribution in [0.25, 0.3) is 12.2 Å². The van der Waals surface area contributed by atoms with E-state index in [9.17, 15) is 20.0 Å². The summed E-state index contributed by atoms with van der Waals surface area (Å²) in [7, 11) is 0. The maximum absolute atomic E-state index is 11.3. The third-order valence-corrected chi connectivity index (χ3v) is 2.76. The van der Waals surface area contributed by atoms with Gasteiger partial charge in [0.25, 0.3) is 5.88 Å². The van der Waals surface area contributed by atoms with Gasteiger partial charge in [-0.1, -0.05) is 6.08 Å². The predicted molar refractivity (Wildman–Crippen MR) is 66.4 cm³/mol. The normalized spacial score (nSPS) is 10.9. The highest BCUT2D eigenvalue weighted by Crippen LogP contribution is 2.17. The largest absolute Gasteiger partial charge is 0.488 e. The molecule has 0 bridgehead atoms. The average Bonchev–Trinajstić information content (AvgIpc) is 2.77. The van der Waals surface area contributed by atoms with E-state index in [2.05, 4.69) is 9.97 Å². The van der Waals surface area contributed by atoms with Crippen LogP contribution in [-0.4, -0.2) is 20.0 Å². The first-order chi connectivity index (χ1) is 8.58. The van der Waals surface area contributed by atoms with Gasteiger partial charge >= 0.3 is 11.2 Å². The smallest absolute Gasteiger partial charge is 0.395 e. The molecule has 0 unspecified atom stereocenters. The lowest BCUT2D eigenvalue weighted by molar-refractivity contribution is -0.387. The first kappa shape index (κ1) is 12.0. The molecule has 0 aliphatic heterocycles. The van der Waals surface area contributed by atoms with Gasteiger partial charge in [0, 0.05) is 0 Å². The van der Waals surface area contributed by atoms with E-state index in [0.29, 0.717) is 0 Å². The Morgan fingerprint density at radius 3 is 2.83 bits per heavy atom. The summed E-state index contributed by atoms with van der Waals surface area (Å²) in [6.07, 6.45) is 3.12. The van der Waals surface area contributed by atoms with Crippen molar-refractivity contribution in [3.05, 3.63) is 48.7 Å². The minimum absolute atomic E-state index is 0.0503. The number of hydrogen-bond acceptors (Lipinski definition) is 6. The van der Waals surface area contributed by atoms with Gasteiger partial charge in [0.2, 0.25) is 0 Å². The lowest BCUT2D eigenvalue weighted by Crippen LogP contribution is -2.14. The summed E-state index contributed by atoms with van der Waals surface area (Å²) >= 11 is 1.51. The molecule has 2 aromatic heterocycles. The fourth-order valence-corrected chi connectivity index (χ4v) is 1.89. The third kappa shape index (κ3) is 2.43. The van der Waals surface area contributed by atoms with E-state index in [1.54, 1.807) is 6.08 Å². The summed E-state index contributed by atoms with van der Waals surface area (Å²) < 4.78 is 0. The van der Waals surface area contributed by atoms with Crippen molar-refractivity contribution in [3.8, 4) is 5.88 Å². The van der Waals surface area contributed by atoms with Gasteiger partial charge in [-0.15, -0.1) is 0 Å². The third-order valence-electron chi connectivity index (χ3n) is 2.05. The fraction of sp³-hybridized carbons (Fsp3) is 0. The summed E-state index contributed by atoms with van der Waals surface area (Å²) in [6.45, 7) is 0. The molecule has 0 radical (unpaired) electrons. The van der Waals surface area contributed by atoms with Crippen molar-refractivity contribution >= 4 is 29.2 Å². The maximum Gasteiger partial charge on any atom is 0.395 e. The molecule has 0 saturated carbocycles. The maximum atomic E-state index is 11.3. The standard InChI is InChI=1S/C10H7N3O4S/c14-9-8(13(16)17)10(15)12-7(11-9)2-1-6-3-4-18-5-6/h1-5H,(H2,11,12,14,15)/b2-1+.